The molecule has 1 saturated heterocycles. The smallest absolute Gasteiger partial charge is 0.164 e. The molecule has 1 aromatic carbocycles. The molecule has 1 N–H and O–H groups in total. The van der Waals surface area contributed by atoms with E-state index in [-0.39, 0.29) is 0 Å². The van der Waals surface area contributed by atoms with Gasteiger partial charge in [-0.2, -0.15) is 0 Å². The molecule has 3 nitrogen and oxygen atoms in total. The van der Waals surface area contributed by atoms with Crippen molar-refractivity contribution in [3.05, 3.63) is 22.2 Å². The van der Waals surface area contributed by atoms with Crippen LogP contribution in [-0.4, -0.2) is 27.3 Å². The fraction of sp³-hybridized carbons (Fsp3) is 0.625. The number of rotatable bonds is 5. The van der Waals surface area contributed by atoms with Gasteiger partial charge < -0.3 is 14.8 Å². The number of piperidine rings is 1. The van der Waals surface area contributed by atoms with Crippen LogP contribution in [-0.2, 0) is 12.8 Å². The molecule has 0 unspecified atom stereocenters. The van der Waals surface area contributed by atoms with Crippen molar-refractivity contribution in [1.82, 2.24) is 5.32 Å². The van der Waals surface area contributed by atoms with E-state index in [1.807, 2.05) is 6.07 Å². The maximum Gasteiger partial charge on any atom is 0.164 e. The third kappa shape index (κ3) is 3.21. The molecular formula is C16H24ClNO2. The fourth-order valence-corrected chi connectivity index (χ4v) is 3.33. The highest BCUT2D eigenvalue weighted by Crippen LogP contribution is 2.40. The summed E-state index contributed by atoms with van der Waals surface area (Å²) in [6.07, 6.45) is 4.37. The van der Waals surface area contributed by atoms with Gasteiger partial charge in [0.15, 0.2) is 11.5 Å². The summed E-state index contributed by atoms with van der Waals surface area (Å²) in [6, 6.07) is 1.88. The summed E-state index contributed by atoms with van der Waals surface area (Å²) < 4.78 is 10.9. The minimum absolute atomic E-state index is 0.706. The van der Waals surface area contributed by atoms with Crippen LogP contribution in [0.25, 0.3) is 0 Å². The molecule has 0 bridgehead atoms. The Labute approximate surface area is 126 Å². The second kappa shape index (κ2) is 7.19. The zero-order valence-electron chi connectivity index (χ0n) is 12.6. The van der Waals surface area contributed by atoms with Crippen LogP contribution in [0.5, 0.6) is 11.5 Å². The van der Waals surface area contributed by atoms with Crippen molar-refractivity contribution in [2.75, 3.05) is 27.3 Å². The van der Waals surface area contributed by atoms with Crippen molar-refractivity contribution >= 4 is 11.6 Å². The summed E-state index contributed by atoms with van der Waals surface area (Å²) in [5.41, 5.74) is 2.43. The monoisotopic (exact) mass is 297 g/mol. The topological polar surface area (TPSA) is 30.5 Å². The Morgan fingerprint density at radius 1 is 1.20 bits per heavy atom. The molecule has 0 spiro atoms. The Bertz CT molecular complexity index is 456. The van der Waals surface area contributed by atoms with Gasteiger partial charge in [0.05, 0.1) is 14.2 Å². The van der Waals surface area contributed by atoms with Crippen molar-refractivity contribution in [2.45, 2.75) is 32.6 Å². The predicted octanol–water partition coefficient (Wildman–Crippen LogP) is 3.46. The zero-order chi connectivity index (χ0) is 14.5. The van der Waals surface area contributed by atoms with Gasteiger partial charge in [-0.25, -0.2) is 0 Å². The van der Waals surface area contributed by atoms with Crippen molar-refractivity contribution < 1.29 is 9.47 Å². The highest BCUT2D eigenvalue weighted by atomic mass is 35.5. The molecule has 112 valence electrons. The van der Waals surface area contributed by atoms with Crippen LogP contribution in [0.3, 0.4) is 0 Å². The number of hydrogen-bond donors (Lipinski definition) is 1. The van der Waals surface area contributed by atoms with Crippen LogP contribution >= 0.6 is 11.6 Å². The Morgan fingerprint density at radius 2 is 1.90 bits per heavy atom. The lowest BCUT2D eigenvalue weighted by molar-refractivity contribution is 0.348. The second-order valence-electron chi connectivity index (χ2n) is 5.30. The van der Waals surface area contributed by atoms with E-state index in [2.05, 4.69) is 12.2 Å². The van der Waals surface area contributed by atoms with Gasteiger partial charge in [-0.05, 0) is 50.3 Å². The third-order valence-electron chi connectivity index (χ3n) is 4.14. The third-order valence-corrected chi connectivity index (χ3v) is 4.47. The van der Waals surface area contributed by atoms with Crippen LogP contribution in [0.4, 0.5) is 0 Å². The van der Waals surface area contributed by atoms with E-state index >= 15 is 0 Å². The Balaban J connectivity index is 2.35. The minimum atomic E-state index is 0.706. The van der Waals surface area contributed by atoms with E-state index in [0.29, 0.717) is 5.92 Å². The lowest BCUT2D eigenvalue weighted by Crippen LogP contribution is -2.29. The predicted molar refractivity (Wildman–Crippen MR) is 83.2 cm³/mol. The molecule has 4 heteroatoms. The van der Waals surface area contributed by atoms with Crippen molar-refractivity contribution in [3.63, 3.8) is 0 Å². The molecule has 1 aliphatic rings. The van der Waals surface area contributed by atoms with Gasteiger partial charge in [0, 0.05) is 16.7 Å². The van der Waals surface area contributed by atoms with Crippen molar-refractivity contribution in [1.29, 1.82) is 0 Å². The van der Waals surface area contributed by atoms with E-state index in [0.717, 1.165) is 42.5 Å². The first-order chi connectivity index (χ1) is 9.71. The summed E-state index contributed by atoms with van der Waals surface area (Å²) >= 11 is 6.49. The quantitative estimate of drug-likeness (QED) is 0.903. The van der Waals surface area contributed by atoms with Gasteiger partial charge in [-0.15, -0.1) is 0 Å². The lowest BCUT2D eigenvalue weighted by Gasteiger charge is -2.25. The van der Waals surface area contributed by atoms with Crippen LogP contribution < -0.4 is 14.8 Å². The first kappa shape index (κ1) is 15.5. The van der Waals surface area contributed by atoms with Crippen LogP contribution in [0.15, 0.2) is 6.07 Å². The SMILES string of the molecule is CCc1c(CC2CCNCC2)c(Cl)cc(OC)c1OC. The van der Waals surface area contributed by atoms with Gasteiger partial charge in [0.25, 0.3) is 0 Å². The molecule has 0 aliphatic carbocycles. The number of ether oxygens (including phenoxy) is 2. The molecule has 0 atom stereocenters. The van der Waals surface area contributed by atoms with Crippen LogP contribution in [0.2, 0.25) is 5.02 Å². The average molecular weight is 298 g/mol. The van der Waals surface area contributed by atoms with Crippen LogP contribution in [0, 0.1) is 5.92 Å². The van der Waals surface area contributed by atoms with Gasteiger partial charge in [-0.3, -0.25) is 0 Å². The Kier molecular flexibility index (Phi) is 5.55. The zero-order valence-corrected chi connectivity index (χ0v) is 13.3. The largest absolute Gasteiger partial charge is 0.493 e. The van der Waals surface area contributed by atoms with Gasteiger partial charge >= 0.3 is 0 Å². The minimum Gasteiger partial charge on any atom is -0.493 e. The highest BCUT2D eigenvalue weighted by Gasteiger charge is 2.21. The molecule has 1 aromatic rings. The van der Waals surface area contributed by atoms with Gasteiger partial charge in [0.1, 0.15) is 0 Å². The van der Waals surface area contributed by atoms with Crippen LogP contribution in [0.1, 0.15) is 30.9 Å². The van der Waals surface area contributed by atoms with Crippen molar-refractivity contribution in [3.8, 4) is 11.5 Å². The average Bonchev–Trinajstić information content (AvgIpc) is 2.49. The number of nitrogens with one attached hydrogen (secondary N) is 1. The Morgan fingerprint density at radius 3 is 2.45 bits per heavy atom. The van der Waals surface area contributed by atoms with E-state index in [4.69, 9.17) is 21.1 Å². The Hall–Kier alpha value is -0.930. The molecule has 0 amide bonds. The summed E-state index contributed by atoms with van der Waals surface area (Å²) in [6.45, 7) is 4.35. The first-order valence-corrected chi connectivity index (χ1v) is 7.72. The van der Waals surface area contributed by atoms with Gasteiger partial charge in [-0.1, -0.05) is 18.5 Å². The number of halogens is 1. The van der Waals surface area contributed by atoms with E-state index in [1.165, 1.54) is 24.0 Å². The summed E-state index contributed by atoms with van der Waals surface area (Å²) in [5.74, 6) is 2.27. The summed E-state index contributed by atoms with van der Waals surface area (Å²) in [7, 11) is 3.35. The maximum absolute atomic E-state index is 6.49. The molecule has 0 saturated carbocycles. The van der Waals surface area contributed by atoms with Crippen molar-refractivity contribution in [2.24, 2.45) is 5.92 Å². The molecule has 2 rings (SSSR count). The molecule has 0 radical (unpaired) electrons. The van der Waals surface area contributed by atoms with E-state index in [9.17, 15) is 0 Å². The highest BCUT2D eigenvalue weighted by molar-refractivity contribution is 6.31. The molecule has 1 fully saturated rings. The summed E-state index contributed by atoms with van der Waals surface area (Å²) in [5, 5.41) is 4.21. The van der Waals surface area contributed by atoms with Gasteiger partial charge in [0.2, 0.25) is 0 Å². The number of methoxy groups -OCH3 is 2. The maximum atomic E-state index is 6.49. The van der Waals surface area contributed by atoms with E-state index in [1.54, 1.807) is 14.2 Å². The number of hydrogen-bond acceptors (Lipinski definition) is 3. The number of benzene rings is 1. The lowest BCUT2D eigenvalue weighted by atomic mass is 9.88. The fourth-order valence-electron chi connectivity index (χ4n) is 3.04. The first-order valence-electron chi connectivity index (χ1n) is 7.34. The normalized spacial score (nSPS) is 16.2. The molecule has 1 aliphatic heterocycles. The molecule has 0 aromatic heterocycles. The second-order valence-corrected chi connectivity index (χ2v) is 5.71. The molecule has 20 heavy (non-hydrogen) atoms. The summed E-state index contributed by atoms with van der Waals surface area (Å²) in [4.78, 5) is 0. The molecular weight excluding hydrogens is 274 g/mol. The standard InChI is InChI=1S/C16H24ClNO2/c1-4-12-13(9-11-5-7-18-8-6-11)14(17)10-15(19-2)16(12)20-3/h10-11,18H,4-9H2,1-3H3. The molecule has 1 heterocycles. The van der Waals surface area contributed by atoms with E-state index < -0.39 is 0 Å².